The summed E-state index contributed by atoms with van der Waals surface area (Å²) < 4.78 is 15.3. The number of hydrogen-bond donors (Lipinski definition) is 1. The SMILES string of the molecule is COc1cc(OC)cc(C(=O)OCC(=O)N2CCCC[C@@H]2C(N)=O)c1. The molecule has 0 aliphatic carbocycles. The molecule has 1 aliphatic rings. The van der Waals surface area contributed by atoms with Gasteiger partial charge < -0.3 is 24.8 Å². The largest absolute Gasteiger partial charge is 0.497 e. The van der Waals surface area contributed by atoms with E-state index in [1.807, 2.05) is 0 Å². The van der Waals surface area contributed by atoms with Crippen molar-refractivity contribution >= 4 is 17.8 Å². The van der Waals surface area contributed by atoms with Crippen molar-refractivity contribution in [3.05, 3.63) is 23.8 Å². The number of esters is 1. The van der Waals surface area contributed by atoms with Crippen molar-refractivity contribution in [1.82, 2.24) is 4.90 Å². The molecule has 0 aromatic heterocycles. The Morgan fingerprint density at radius 1 is 1.12 bits per heavy atom. The fourth-order valence-corrected chi connectivity index (χ4v) is 2.74. The number of hydrogen-bond acceptors (Lipinski definition) is 6. The predicted octanol–water partition coefficient (Wildman–Crippen LogP) is 0.727. The third-order valence-corrected chi connectivity index (χ3v) is 4.07. The number of carbonyl (C=O) groups excluding carboxylic acids is 3. The number of amides is 2. The normalized spacial score (nSPS) is 16.9. The predicted molar refractivity (Wildman–Crippen MR) is 88.4 cm³/mol. The molecule has 1 aromatic rings. The minimum absolute atomic E-state index is 0.203. The molecule has 0 bridgehead atoms. The number of rotatable bonds is 6. The van der Waals surface area contributed by atoms with Crippen molar-refractivity contribution in [3.63, 3.8) is 0 Å². The third-order valence-electron chi connectivity index (χ3n) is 4.07. The molecule has 25 heavy (non-hydrogen) atoms. The van der Waals surface area contributed by atoms with Crippen LogP contribution in [0.1, 0.15) is 29.6 Å². The first-order valence-corrected chi connectivity index (χ1v) is 7.95. The summed E-state index contributed by atoms with van der Waals surface area (Å²) in [4.78, 5) is 37.3. The van der Waals surface area contributed by atoms with E-state index >= 15 is 0 Å². The van der Waals surface area contributed by atoms with Gasteiger partial charge in [-0.1, -0.05) is 0 Å². The topological polar surface area (TPSA) is 108 Å². The summed E-state index contributed by atoms with van der Waals surface area (Å²) in [6, 6.07) is 3.95. The van der Waals surface area contributed by atoms with Crippen LogP contribution in [0.15, 0.2) is 18.2 Å². The van der Waals surface area contributed by atoms with Gasteiger partial charge in [0, 0.05) is 12.6 Å². The molecule has 1 heterocycles. The van der Waals surface area contributed by atoms with Crippen molar-refractivity contribution < 1.29 is 28.6 Å². The second-order valence-electron chi connectivity index (χ2n) is 5.68. The quantitative estimate of drug-likeness (QED) is 0.758. The van der Waals surface area contributed by atoms with Crippen LogP contribution >= 0.6 is 0 Å². The highest BCUT2D eigenvalue weighted by atomic mass is 16.5. The van der Waals surface area contributed by atoms with Gasteiger partial charge in [0.1, 0.15) is 17.5 Å². The van der Waals surface area contributed by atoms with E-state index in [1.165, 1.54) is 31.3 Å². The number of primary amides is 1. The van der Waals surface area contributed by atoms with Crippen LogP contribution < -0.4 is 15.2 Å². The highest BCUT2D eigenvalue weighted by Gasteiger charge is 2.31. The van der Waals surface area contributed by atoms with Gasteiger partial charge in [0.05, 0.1) is 19.8 Å². The Morgan fingerprint density at radius 2 is 1.76 bits per heavy atom. The first kappa shape index (κ1) is 18.6. The van der Waals surface area contributed by atoms with Gasteiger partial charge in [0.2, 0.25) is 5.91 Å². The van der Waals surface area contributed by atoms with E-state index in [-0.39, 0.29) is 5.56 Å². The fraction of sp³-hybridized carbons (Fsp3) is 0.471. The summed E-state index contributed by atoms with van der Waals surface area (Å²) in [6.45, 7) is -0.0287. The maximum atomic E-state index is 12.3. The van der Waals surface area contributed by atoms with E-state index in [1.54, 1.807) is 6.07 Å². The Kier molecular flexibility index (Phi) is 6.21. The first-order chi connectivity index (χ1) is 12.0. The number of nitrogens with zero attached hydrogens (tertiary/aromatic N) is 1. The average molecular weight is 350 g/mol. The standard InChI is InChI=1S/C17H22N2O6/c1-23-12-7-11(8-13(9-12)24-2)17(22)25-10-15(20)19-6-4-3-5-14(19)16(18)21/h7-9,14H,3-6,10H2,1-2H3,(H2,18,21)/t14-/m1/s1. The number of nitrogens with two attached hydrogens (primary N) is 1. The lowest BCUT2D eigenvalue weighted by Gasteiger charge is -2.33. The Morgan fingerprint density at radius 3 is 2.32 bits per heavy atom. The molecule has 2 rings (SSSR count). The molecule has 8 nitrogen and oxygen atoms in total. The van der Waals surface area contributed by atoms with Crippen LogP contribution in [0.4, 0.5) is 0 Å². The molecular formula is C17H22N2O6. The van der Waals surface area contributed by atoms with Crippen LogP contribution in [0, 0.1) is 0 Å². The Hall–Kier alpha value is -2.77. The monoisotopic (exact) mass is 350 g/mol. The van der Waals surface area contributed by atoms with E-state index in [2.05, 4.69) is 0 Å². The zero-order valence-corrected chi connectivity index (χ0v) is 14.3. The summed E-state index contributed by atoms with van der Waals surface area (Å²) in [5.41, 5.74) is 5.54. The maximum absolute atomic E-state index is 12.3. The van der Waals surface area contributed by atoms with Gasteiger partial charge in [-0.3, -0.25) is 9.59 Å². The Balaban J connectivity index is 2.01. The summed E-state index contributed by atoms with van der Waals surface area (Å²) in [5, 5.41) is 0. The lowest BCUT2D eigenvalue weighted by atomic mass is 10.0. The van der Waals surface area contributed by atoms with E-state index in [4.69, 9.17) is 19.9 Å². The molecule has 8 heteroatoms. The highest BCUT2D eigenvalue weighted by molar-refractivity contribution is 5.93. The molecule has 1 atom stereocenters. The van der Waals surface area contributed by atoms with Gasteiger partial charge in [0.15, 0.2) is 6.61 Å². The number of likely N-dealkylation sites (tertiary alicyclic amines) is 1. The Labute approximate surface area is 145 Å². The van der Waals surface area contributed by atoms with Gasteiger partial charge in [-0.05, 0) is 31.4 Å². The number of benzene rings is 1. The zero-order chi connectivity index (χ0) is 18.4. The van der Waals surface area contributed by atoms with E-state index in [0.717, 1.165) is 12.8 Å². The molecule has 0 spiro atoms. The smallest absolute Gasteiger partial charge is 0.338 e. The summed E-state index contributed by atoms with van der Waals surface area (Å²) in [6.07, 6.45) is 2.15. The molecule has 0 unspecified atom stereocenters. The van der Waals surface area contributed by atoms with Gasteiger partial charge in [-0.2, -0.15) is 0 Å². The molecule has 2 amide bonds. The molecule has 1 aliphatic heterocycles. The molecule has 0 saturated carbocycles. The molecule has 136 valence electrons. The average Bonchev–Trinajstić information content (AvgIpc) is 2.65. The molecular weight excluding hydrogens is 328 g/mol. The van der Waals surface area contributed by atoms with Crippen LogP contribution in [-0.4, -0.2) is 56.1 Å². The van der Waals surface area contributed by atoms with Gasteiger partial charge in [-0.15, -0.1) is 0 Å². The molecule has 0 radical (unpaired) electrons. The second-order valence-corrected chi connectivity index (χ2v) is 5.68. The number of piperidine rings is 1. The lowest BCUT2D eigenvalue weighted by molar-refractivity contribution is -0.143. The van der Waals surface area contributed by atoms with Crippen LogP contribution in [-0.2, 0) is 14.3 Å². The molecule has 1 aromatic carbocycles. The highest BCUT2D eigenvalue weighted by Crippen LogP contribution is 2.23. The van der Waals surface area contributed by atoms with E-state index < -0.39 is 30.4 Å². The summed E-state index contributed by atoms with van der Waals surface area (Å²) in [7, 11) is 2.93. The van der Waals surface area contributed by atoms with Crippen LogP contribution in [0.25, 0.3) is 0 Å². The Bertz CT molecular complexity index is 638. The van der Waals surface area contributed by atoms with Crippen LogP contribution in [0.3, 0.4) is 0 Å². The van der Waals surface area contributed by atoms with Crippen molar-refractivity contribution in [2.45, 2.75) is 25.3 Å². The number of ether oxygens (including phenoxy) is 3. The van der Waals surface area contributed by atoms with Crippen molar-refractivity contribution in [1.29, 1.82) is 0 Å². The first-order valence-electron chi connectivity index (χ1n) is 7.95. The third kappa shape index (κ3) is 4.62. The lowest BCUT2D eigenvalue weighted by Crippen LogP contribution is -2.51. The molecule has 2 N–H and O–H groups in total. The minimum atomic E-state index is -0.682. The summed E-state index contributed by atoms with van der Waals surface area (Å²) in [5.74, 6) is -0.799. The number of methoxy groups -OCH3 is 2. The van der Waals surface area contributed by atoms with Crippen molar-refractivity contribution in [2.24, 2.45) is 5.73 Å². The minimum Gasteiger partial charge on any atom is -0.497 e. The van der Waals surface area contributed by atoms with Crippen molar-refractivity contribution in [3.8, 4) is 11.5 Å². The van der Waals surface area contributed by atoms with E-state index in [9.17, 15) is 14.4 Å². The van der Waals surface area contributed by atoms with Crippen LogP contribution in [0.2, 0.25) is 0 Å². The fourth-order valence-electron chi connectivity index (χ4n) is 2.74. The summed E-state index contributed by atoms with van der Waals surface area (Å²) >= 11 is 0. The van der Waals surface area contributed by atoms with Gasteiger partial charge in [0.25, 0.3) is 5.91 Å². The van der Waals surface area contributed by atoms with Gasteiger partial charge >= 0.3 is 5.97 Å². The van der Waals surface area contributed by atoms with Crippen molar-refractivity contribution in [2.75, 3.05) is 27.4 Å². The van der Waals surface area contributed by atoms with E-state index in [0.29, 0.717) is 24.5 Å². The molecule has 1 saturated heterocycles. The van der Waals surface area contributed by atoms with Crippen LogP contribution in [0.5, 0.6) is 11.5 Å². The number of carbonyl (C=O) groups is 3. The second kappa shape index (κ2) is 8.36. The zero-order valence-electron chi connectivity index (χ0n) is 14.3. The maximum Gasteiger partial charge on any atom is 0.338 e. The van der Waals surface area contributed by atoms with Gasteiger partial charge in [-0.25, -0.2) is 4.79 Å². The molecule has 1 fully saturated rings.